The molecule has 0 amide bonds. The van der Waals surface area contributed by atoms with Gasteiger partial charge in [0.05, 0.1) is 0 Å². The van der Waals surface area contributed by atoms with E-state index in [4.69, 9.17) is 4.74 Å². The monoisotopic (exact) mass is 440 g/mol. The molecular weight excluding hydrogens is 392 g/mol. The smallest absolute Gasteiger partial charge is 0.302 e. The first-order valence-corrected chi connectivity index (χ1v) is 13.8. The lowest BCUT2D eigenvalue weighted by Crippen LogP contribution is -2.48. The molecule has 4 aliphatic carbocycles. The molecule has 0 saturated heterocycles. The highest BCUT2D eigenvalue weighted by Crippen LogP contribution is 2.63. The van der Waals surface area contributed by atoms with Gasteiger partial charge in [-0.2, -0.15) is 0 Å². The highest BCUT2D eigenvalue weighted by molar-refractivity contribution is 5.66. The van der Waals surface area contributed by atoms with E-state index in [9.17, 15) is 4.79 Å². The van der Waals surface area contributed by atoms with Crippen LogP contribution in [0.4, 0.5) is 0 Å². The number of carbonyl (C=O) groups excluding carboxylic acids is 1. The molecule has 0 unspecified atom stereocenters. The van der Waals surface area contributed by atoms with Crippen molar-refractivity contribution >= 4 is 5.97 Å². The van der Waals surface area contributed by atoms with E-state index in [2.05, 4.69) is 52.8 Å². The fourth-order valence-electron chi connectivity index (χ4n) is 8.60. The summed E-state index contributed by atoms with van der Waals surface area (Å²) >= 11 is 0. The molecule has 0 heterocycles. The lowest BCUT2D eigenvalue weighted by atomic mass is 9.50. The third kappa shape index (κ3) is 4.49. The van der Waals surface area contributed by atoms with Crippen molar-refractivity contribution in [1.82, 2.24) is 0 Å². The molecule has 2 heteroatoms. The van der Waals surface area contributed by atoms with Gasteiger partial charge < -0.3 is 4.74 Å². The number of hydrogen-bond donors (Lipinski definition) is 0. The van der Waals surface area contributed by atoms with Gasteiger partial charge in [-0.3, -0.25) is 4.79 Å². The maximum atomic E-state index is 11.5. The highest BCUT2D eigenvalue weighted by atomic mass is 16.5. The molecule has 0 spiro atoms. The zero-order valence-corrected chi connectivity index (χ0v) is 21.6. The zero-order chi connectivity index (χ0) is 23.0. The zero-order valence-electron chi connectivity index (χ0n) is 21.6. The molecule has 0 bridgehead atoms. The van der Waals surface area contributed by atoms with E-state index in [-0.39, 0.29) is 12.1 Å². The van der Waals surface area contributed by atoms with Crippen LogP contribution < -0.4 is 0 Å². The third-order valence-corrected chi connectivity index (χ3v) is 10.4. The van der Waals surface area contributed by atoms with Crippen molar-refractivity contribution in [1.29, 1.82) is 0 Å². The molecule has 4 rings (SSSR count). The first kappa shape index (κ1) is 24.1. The van der Waals surface area contributed by atoms with Crippen molar-refractivity contribution in [3.8, 4) is 0 Å². The van der Waals surface area contributed by atoms with Crippen LogP contribution in [0.25, 0.3) is 0 Å². The number of ether oxygens (including phenoxy) is 1. The van der Waals surface area contributed by atoms with E-state index in [1.54, 1.807) is 12.5 Å². The maximum absolute atomic E-state index is 11.5. The van der Waals surface area contributed by atoms with E-state index in [0.29, 0.717) is 5.41 Å². The minimum atomic E-state index is -0.118. The summed E-state index contributed by atoms with van der Waals surface area (Å²) in [6, 6.07) is 0. The van der Waals surface area contributed by atoms with Crippen LogP contribution in [0.15, 0.2) is 23.8 Å². The Balaban J connectivity index is 1.44. The van der Waals surface area contributed by atoms with Crippen molar-refractivity contribution in [3.05, 3.63) is 23.8 Å². The summed E-state index contributed by atoms with van der Waals surface area (Å²) in [7, 11) is 0. The molecule has 3 fully saturated rings. The Hall–Kier alpha value is -1.05. The highest BCUT2D eigenvalue weighted by Gasteiger charge is 2.54. The van der Waals surface area contributed by atoms with E-state index in [1.165, 1.54) is 44.9 Å². The van der Waals surface area contributed by atoms with Gasteiger partial charge in [-0.25, -0.2) is 0 Å². The Morgan fingerprint density at radius 1 is 1.09 bits per heavy atom. The first-order valence-electron chi connectivity index (χ1n) is 13.8. The van der Waals surface area contributed by atoms with Crippen LogP contribution in [0.3, 0.4) is 0 Å². The fourth-order valence-corrected chi connectivity index (χ4v) is 8.60. The van der Waals surface area contributed by atoms with Crippen LogP contribution in [-0.2, 0) is 9.53 Å². The second-order valence-corrected chi connectivity index (χ2v) is 12.3. The number of allylic oxidation sites excluding steroid dienone is 3. The molecule has 32 heavy (non-hydrogen) atoms. The maximum Gasteiger partial charge on any atom is 0.302 e. The Bertz CT molecular complexity index is 733. The van der Waals surface area contributed by atoms with Gasteiger partial charge in [0.25, 0.3) is 0 Å². The average molecular weight is 441 g/mol. The van der Waals surface area contributed by atoms with E-state index >= 15 is 0 Å². The predicted molar refractivity (Wildman–Crippen MR) is 133 cm³/mol. The van der Waals surface area contributed by atoms with Crippen LogP contribution in [0.5, 0.6) is 0 Å². The van der Waals surface area contributed by atoms with Crippen LogP contribution in [0.2, 0.25) is 0 Å². The molecule has 9 atom stereocenters. The summed E-state index contributed by atoms with van der Waals surface area (Å²) in [5, 5.41) is 0. The number of fused-ring (bicyclic) bond motifs is 5. The SMILES string of the molecule is CC[C@H](C=C[C@@H](C)[C@H]1CC[C@@H]2[C@@H]1CC[C@H]1[C@H]2CC=C2C[C@@H](OC(C)=O)CC[C@@]21C)C(C)C. The first-order chi connectivity index (χ1) is 15.2. The van der Waals surface area contributed by atoms with Crippen LogP contribution in [-0.4, -0.2) is 12.1 Å². The summed E-state index contributed by atoms with van der Waals surface area (Å²) in [4.78, 5) is 11.5. The van der Waals surface area contributed by atoms with Gasteiger partial charge in [-0.15, -0.1) is 0 Å². The molecule has 0 aromatic heterocycles. The van der Waals surface area contributed by atoms with Crippen molar-refractivity contribution in [3.63, 3.8) is 0 Å². The third-order valence-electron chi connectivity index (χ3n) is 10.4. The van der Waals surface area contributed by atoms with Gasteiger partial charge in [0, 0.05) is 13.3 Å². The van der Waals surface area contributed by atoms with Crippen LogP contribution in [0, 0.1) is 52.8 Å². The molecule has 0 aromatic rings. The number of carbonyl (C=O) groups is 1. The van der Waals surface area contributed by atoms with Crippen molar-refractivity contribution in [2.75, 3.05) is 0 Å². The quantitative estimate of drug-likeness (QED) is 0.309. The van der Waals surface area contributed by atoms with Gasteiger partial charge in [-0.05, 0) is 104 Å². The summed E-state index contributed by atoms with van der Waals surface area (Å²) in [6.45, 7) is 13.7. The molecular formula is C30H48O2. The number of rotatable bonds is 6. The van der Waals surface area contributed by atoms with E-state index < -0.39 is 0 Å². The standard InChI is InChI=1S/C30H48O2/c1-7-22(19(2)3)9-8-20(4)25-12-13-27-26(25)14-15-29-28(27)11-10-23-18-24(32-21(5)31)16-17-30(23,29)6/h8-10,19-20,22,24-29H,7,11-18H2,1-6H3/t20-,22-,24+,25-,26-,27-,28+,29+,30+/m1/s1. The minimum Gasteiger partial charge on any atom is -0.462 e. The minimum absolute atomic E-state index is 0.112. The van der Waals surface area contributed by atoms with Crippen molar-refractivity contribution in [2.24, 2.45) is 52.8 Å². The predicted octanol–water partition coefficient (Wildman–Crippen LogP) is 7.98. The molecule has 3 saturated carbocycles. The molecule has 180 valence electrons. The molecule has 0 aliphatic heterocycles. The molecule has 4 aliphatic rings. The van der Waals surface area contributed by atoms with Gasteiger partial charge in [0.1, 0.15) is 6.10 Å². The fraction of sp³-hybridized carbons (Fsp3) is 0.833. The normalized spacial score (nSPS) is 40.9. The topological polar surface area (TPSA) is 26.3 Å². The van der Waals surface area contributed by atoms with Gasteiger partial charge >= 0.3 is 5.97 Å². The largest absolute Gasteiger partial charge is 0.462 e. The Morgan fingerprint density at radius 2 is 1.84 bits per heavy atom. The van der Waals surface area contributed by atoms with Gasteiger partial charge in [0.15, 0.2) is 0 Å². The average Bonchev–Trinajstić information content (AvgIpc) is 3.18. The van der Waals surface area contributed by atoms with Crippen LogP contribution >= 0.6 is 0 Å². The van der Waals surface area contributed by atoms with Crippen molar-refractivity contribution in [2.45, 2.75) is 105 Å². The lowest BCUT2D eigenvalue weighted by molar-refractivity contribution is -0.148. The van der Waals surface area contributed by atoms with E-state index in [1.807, 2.05) is 0 Å². The molecule has 0 N–H and O–H groups in total. The summed E-state index contributed by atoms with van der Waals surface area (Å²) in [5.41, 5.74) is 1.96. The van der Waals surface area contributed by atoms with E-state index in [0.717, 1.165) is 60.2 Å². The lowest BCUT2D eigenvalue weighted by Gasteiger charge is -2.55. The number of esters is 1. The summed E-state index contributed by atoms with van der Waals surface area (Å²) in [5.74, 6) is 6.56. The summed E-state index contributed by atoms with van der Waals surface area (Å²) < 4.78 is 5.61. The second-order valence-electron chi connectivity index (χ2n) is 12.3. The molecule has 2 nitrogen and oxygen atoms in total. The molecule has 0 radical (unpaired) electrons. The van der Waals surface area contributed by atoms with Gasteiger partial charge in [0.2, 0.25) is 0 Å². The van der Waals surface area contributed by atoms with Crippen LogP contribution in [0.1, 0.15) is 99.3 Å². The second kappa shape index (κ2) is 9.67. The Labute approximate surface area is 197 Å². The Kier molecular flexibility index (Phi) is 7.28. The molecule has 0 aromatic carbocycles. The Morgan fingerprint density at radius 3 is 2.53 bits per heavy atom. The number of hydrogen-bond acceptors (Lipinski definition) is 2. The van der Waals surface area contributed by atoms with Crippen molar-refractivity contribution < 1.29 is 9.53 Å². The van der Waals surface area contributed by atoms with Gasteiger partial charge in [-0.1, -0.05) is 58.4 Å². The summed E-state index contributed by atoms with van der Waals surface area (Å²) in [6.07, 6.45) is 19.3.